The molecular weight excluding hydrogens is 282 g/mol. The summed E-state index contributed by atoms with van der Waals surface area (Å²) in [5, 5.41) is 22.2. The maximum absolute atomic E-state index is 12.0. The number of nitrogens with zero attached hydrogens (tertiary/aromatic N) is 1. The Morgan fingerprint density at radius 3 is 2.48 bits per heavy atom. The summed E-state index contributed by atoms with van der Waals surface area (Å²) in [6.07, 6.45) is 0.580. The van der Waals surface area contributed by atoms with Gasteiger partial charge in [0.05, 0.1) is 12.3 Å². The van der Waals surface area contributed by atoms with Crippen LogP contribution < -0.4 is 10.6 Å². The highest BCUT2D eigenvalue weighted by Gasteiger charge is 2.30. The van der Waals surface area contributed by atoms with Gasteiger partial charge in [-0.2, -0.15) is 0 Å². The second-order valence-corrected chi connectivity index (χ2v) is 4.84. The lowest BCUT2D eigenvalue weighted by Gasteiger charge is -2.32. The monoisotopic (exact) mass is 301 g/mol. The molecule has 0 saturated carbocycles. The van der Waals surface area contributed by atoms with Crippen molar-refractivity contribution in [1.82, 2.24) is 15.5 Å². The molecule has 1 heterocycles. The molecule has 21 heavy (non-hydrogen) atoms. The Morgan fingerprint density at radius 1 is 1.29 bits per heavy atom. The molecule has 0 radical (unpaired) electrons. The second kappa shape index (κ2) is 7.46. The number of likely N-dealkylation sites (tertiary alicyclic amines) is 1. The molecule has 2 atom stereocenters. The highest BCUT2D eigenvalue weighted by molar-refractivity contribution is 5.86. The molecule has 0 aromatic carbocycles. The van der Waals surface area contributed by atoms with Crippen LogP contribution >= 0.6 is 0 Å². The molecule has 0 aliphatic carbocycles. The molecule has 0 spiro atoms. The van der Waals surface area contributed by atoms with Crippen molar-refractivity contribution < 1.29 is 29.4 Å². The molecule has 1 saturated heterocycles. The maximum atomic E-state index is 12.0. The minimum atomic E-state index is -1.49. The minimum Gasteiger partial charge on any atom is -0.481 e. The molecule has 1 aliphatic rings. The van der Waals surface area contributed by atoms with E-state index in [2.05, 4.69) is 10.6 Å². The van der Waals surface area contributed by atoms with Gasteiger partial charge in [0.15, 0.2) is 0 Å². The van der Waals surface area contributed by atoms with Crippen LogP contribution in [-0.2, 0) is 14.4 Å². The van der Waals surface area contributed by atoms with Crippen LogP contribution in [0.2, 0.25) is 0 Å². The van der Waals surface area contributed by atoms with E-state index < -0.39 is 30.4 Å². The number of amides is 3. The number of hydrogen-bond donors (Lipinski definition) is 4. The normalized spacial score (nSPS) is 19.5. The van der Waals surface area contributed by atoms with Crippen molar-refractivity contribution in [3.8, 4) is 0 Å². The lowest BCUT2D eigenvalue weighted by atomic mass is 9.97. The van der Waals surface area contributed by atoms with Gasteiger partial charge in [0.25, 0.3) is 0 Å². The van der Waals surface area contributed by atoms with Gasteiger partial charge in [-0.25, -0.2) is 9.59 Å². The van der Waals surface area contributed by atoms with E-state index in [4.69, 9.17) is 10.2 Å². The van der Waals surface area contributed by atoms with E-state index in [1.165, 1.54) is 11.9 Å². The van der Waals surface area contributed by atoms with Crippen LogP contribution in [-0.4, -0.2) is 65.2 Å². The molecule has 1 aliphatic heterocycles. The van der Waals surface area contributed by atoms with Crippen LogP contribution in [0.5, 0.6) is 0 Å². The number of hydrogen-bond acceptors (Lipinski definition) is 4. The third-order valence-electron chi connectivity index (χ3n) is 3.30. The number of rotatable bonds is 5. The standard InChI is InChI=1S/C12H19N3O6/c1-13-10(18)7-3-2-4-15(6-7)12(21)14-8(11(19)20)5-9(16)17/h7-8H,2-6H2,1H3,(H,13,18)(H,14,21)(H,16,17)(H,19,20). The second-order valence-electron chi connectivity index (χ2n) is 4.84. The van der Waals surface area contributed by atoms with Crippen molar-refractivity contribution >= 4 is 23.9 Å². The molecule has 2 unspecified atom stereocenters. The van der Waals surface area contributed by atoms with Gasteiger partial charge in [0.2, 0.25) is 5.91 Å². The number of piperidine rings is 1. The zero-order valence-corrected chi connectivity index (χ0v) is 11.7. The number of nitrogens with one attached hydrogen (secondary N) is 2. The largest absolute Gasteiger partial charge is 0.481 e. The zero-order valence-electron chi connectivity index (χ0n) is 11.7. The fourth-order valence-electron chi connectivity index (χ4n) is 2.19. The maximum Gasteiger partial charge on any atom is 0.326 e. The van der Waals surface area contributed by atoms with E-state index in [-0.39, 0.29) is 18.4 Å². The number of urea groups is 1. The molecule has 118 valence electrons. The highest BCUT2D eigenvalue weighted by Crippen LogP contribution is 2.16. The first-order valence-electron chi connectivity index (χ1n) is 6.56. The van der Waals surface area contributed by atoms with Crippen LogP contribution in [0.1, 0.15) is 19.3 Å². The zero-order chi connectivity index (χ0) is 16.0. The third kappa shape index (κ3) is 4.93. The lowest BCUT2D eigenvalue weighted by molar-refractivity contribution is -0.145. The Labute approximate surface area is 121 Å². The van der Waals surface area contributed by atoms with Gasteiger partial charge in [-0.05, 0) is 12.8 Å². The number of aliphatic carboxylic acids is 2. The SMILES string of the molecule is CNC(=O)C1CCCN(C(=O)NC(CC(=O)O)C(=O)O)C1. The van der Waals surface area contributed by atoms with Crippen LogP contribution in [0.3, 0.4) is 0 Å². The van der Waals surface area contributed by atoms with Crippen molar-refractivity contribution in [2.24, 2.45) is 5.92 Å². The minimum absolute atomic E-state index is 0.173. The molecule has 9 heteroatoms. The molecule has 0 bridgehead atoms. The van der Waals surface area contributed by atoms with Crippen LogP contribution in [0.15, 0.2) is 0 Å². The summed E-state index contributed by atoms with van der Waals surface area (Å²) in [5.74, 6) is -3.24. The predicted octanol–water partition coefficient (Wildman–Crippen LogP) is -0.918. The summed E-state index contributed by atoms with van der Waals surface area (Å²) in [7, 11) is 1.51. The van der Waals surface area contributed by atoms with Crippen LogP contribution in [0, 0.1) is 5.92 Å². The Morgan fingerprint density at radius 2 is 1.95 bits per heavy atom. The quantitative estimate of drug-likeness (QED) is 0.518. The molecule has 9 nitrogen and oxygen atoms in total. The first kappa shape index (κ1) is 16.7. The number of carboxylic acid groups (broad SMARTS) is 2. The molecule has 3 amide bonds. The van der Waals surface area contributed by atoms with Crippen molar-refractivity contribution in [2.75, 3.05) is 20.1 Å². The summed E-state index contributed by atoms with van der Waals surface area (Å²) in [5.41, 5.74) is 0. The van der Waals surface area contributed by atoms with Crippen LogP contribution in [0.25, 0.3) is 0 Å². The first-order valence-corrected chi connectivity index (χ1v) is 6.56. The molecule has 1 rings (SSSR count). The van der Waals surface area contributed by atoms with Crippen molar-refractivity contribution in [2.45, 2.75) is 25.3 Å². The van der Waals surface area contributed by atoms with E-state index in [1.807, 2.05) is 0 Å². The summed E-state index contributed by atoms with van der Waals surface area (Å²) in [6.45, 7) is 0.587. The lowest BCUT2D eigenvalue weighted by Crippen LogP contribution is -2.52. The Hall–Kier alpha value is -2.32. The van der Waals surface area contributed by atoms with E-state index >= 15 is 0 Å². The van der Waals surface area contributed by atoms with Crippen LogP contribution in [0.4, 0.5) is 4.79 Å². The average molecular weight is 301 g/mol. The van der Waals surface area contributed by atoms with E-state index in [0.29, 0.717) is 19.4 Å². The van der Waals surface area contributed by atoms with Crippen molar-refractivity contribution in [3.05, 3.63) is 0 Å². The Kier molecular flexibility index (Phi) is 5.94. The van der Waals surface area contributed by atoms with Gasteiger partial charge < -0.3 is 25.7 Å². The predicted molar refractivity (Wildman–Crippen MR) is 70.6 cm³/mol. The third-order valence-corrected chi connectivity index (χ3v) is 3.30. The summed E-state index contributed by atoms with van der Waals surface area (Å²) in [6, 6.07) is -2.16. The summed E-state index contributed by atoms with van der Waals surface area (Å²) < 4.78 is 0. The smallest absolute Gasteiger partial charge is 0.326 e. The number of carbonyl (C=O) groups excluding carboxylic acids is 2. The van der Waals surface area contributed by atoms with E-state index in [1.54, 1.807) is 0 Å². The number of carboxylic acids is 2. The molecule has 0 aromatic rings. The van der Waals surface area contributed by atoms with Gasteiger partial charge >= 0.3 is 18.0 Å². The summed E-state index contributed by atoms with van der Waals surface area (Å²) in [4.78, 5) is 46.4. The number of carbonyl (C=O) groups is 4. The van der Waals surface area contributed by atoms with Gasteiger partial charge in [0, 0.05) is 20.1 Å². The van der Waals surface area contributed by atoms with Crippen molar-refractivity contribution in [1.29, 1.82) is 0 Å². The van der Waals surface area contributed by atoms with Gasteiger partial charge in [-0.15, -0.1) is 0 Å². The topological polar surface area (TPSA) is 136 Å². The average Bonchev–Trinajstić information content (AvgIpc) is 2.45. The molecular formula is C12H19N3O6. The Balaban J connectivity index is 2.62. The fourth-order valence-corrected chi connectivity index (χ4v) is 2.19. The molecule has 4 N–H and O–H groups in total. The summed E-state index contributed by atoms with van der Waals surface area (Å²) >= 11 is 0. The highest BCUT2D eigenvalue weighted by atomic mass is 16.4. The van der Waals surface area contributed by atoms with Gasteiger partial charge in [0.1, 0.15) is 6.04 Å². The van der Waals surface area contributed by atoms with E-state index in [9.17, 15) is 19.2 Å². The van der Waals surface area contributed by atoms with Gasteiger partial charge in [-0.1, -0.05) is 0 Å². The fraction of sp³-hybridized carbons (Fsp3) is 0.667. The molecule has 0 aromatic heterocycles. The van der Waals surface area contributed by atoms with Crippen molar-refractivity contribution in [3.63, 3.8) is 0 Å². The van der Waals surface area contributed by atoms with Gasteiger partial charge in [-0.3, -0.25) is 9.59 Å². The van der Waals surface area contributed by atoms with E-state index in [0.717, 1.165) is 0 Å². The molecule has 1 fully saturated rings. The Bertz CT molecular complexity index is 439. The first-order chi connectivity index (χ1) is 9.85.